The van der Waals surface area contributed by atoms with E-state index in [1.807, 2.05) is 6.92 Å². The summed E-state index contributed by atoms with van der Waals surface area (Å²) in [6, 6.07) is -0.371. The van der Waals surface area contributed by atoms with Crippen molar-refractivity contribution in [1.82, 2.24) is 10.6 Å². The van der Waals surface area contributed by atoms with Crippen molar-refractivity contribution in [1.29, 1.82) is 0 Å². The Bertz CT molecular complexity index is 209. The van der Waals surface area contributed by atoms with Crippen LogP contribution in [-0.2, 0) is 14.3 Å². The number of urea groups is 1. The minimum atomic E-state index is -0.438. The summed E-state index contributed by atoms with van der Waals surface area (Å²) in [5, 5.41) is 4.99. The van der Waals surface area contributed by atoms with Gasteiger partial charge in [0.2, 0.25) is 0 Å². The van der Waals surface area contributed by atoms with Crippen molar-refractivity contribution in [2.45, 2.75) is 20.3 Å². The smallest absolute Gasteiger partial charge is 0.325 e. The minimum absolute atomic E-state index is 0.106. The predicted molar refractivity (Wildman–Crippen MR) is 59.1 cm³/mol. The zero-order chi connectivity index (χ0) is 12.2. The zero-order valence-electron chi connectivity index (χ0n) is 9.88. The van der Waals surface area contributed by atoms with Crippen molar-refractivity contribution in [2.75, 3.05) is 32.9 Å². The van der Waals surface area contributed by atoms with Gasteiger partial charge in [0.15, 0.2) is 0 Å². The molecule has 0 rings (SSSR count). The van der Waals surface area contributed by atoms with E-state index in [1.165, 1.54) is 0 Å². The molecule has 0 unspecified atom stereocenters. The van der Waals surface area contributed by atoms with Crippen LogP contribution < -0.4 is 10.6 Å². The van der Waals surface area contributed by atoms with E-state index in [2.05, 4.69) is 15.4 Å². The number of rotatable bonds is 8. The Kier molecular flexibility index (Phi) is 9.39. The van der Waals surface area contributed by atoms with Crippen LogP contribution >= 0.6 is 0 Å². The van der Waals surface area contributed by atoms with E-state index in [9.17, 15) is 9.59 Å². The Hall–Kier alpha value is -1.30. The van der Waals surface area contributed by atoms with Gasteiger partial charge >= 0.3 is 12.0 Å². The van der Waals surface area contributed by atoms with Crippen LogP contribution in [0.3, 0.4) is 0 Å². The summed E-state index contributed by atoms with van der Waals surface area (Å²) in [5.74, 6) is -0.438. The highest BCUT2D eigenvalue weighted by Gasteiger charge is 2.04. The van der Waals surface area contributed by atoms with Gasteiger partial charge in [-0.15, -0.1) is 0 Å². The van der Waals surface area contributed by atoms with Crippen LogP contribution in [0.5, 0.6) is 0 Å². The topological polar surface area (TPSA) is 76.7 Å². The molecule has 2 amide bonds. The Morgan fingerprint density at radius 2 is 1.88 bits per heavy atom. The second kappa shape index (κ2) is 10.2. The molecule has 6 heteroatoms. The quantitative estimate of drug-likeness (QED) is 0.465. The Balaban J connectivity index is 3.34. The zero-order valence-corrected chi connectivity index (χ0v) is 9.88. The highest BCUT2D eigenvalue weighted by atomic mass is 16.5. The molecule has 0 spiro atoms. The van der Waals surface area contributed by atoms with Crippen LogP contribution in [0.4, 0.5) is 4.79 Å². The maximum atomic E-state index is 11.1. The Labute approximate surface area is 95.7 Å². The molecule has 0 aromatic rings. The van der Waals surface area contributed by atoms with Gasteiger partial charge in [-0.3, -0.25) is 4.79 Å². The SMILES string of the molecule is CCOCCCNC(=O)NCC(=O)OCC. The Morgan fingerprint density at radius 3 is 2.50 bits per heavy atom. The fraction of sp³-hybridized carbons (Fsp3) is 0.800. The van der Waals surface area contributed by atoms with Gasteiger partial charge in [-0.1, -0.05) is 0 Å². The molecule has 2 N–H and O–H groups in total. The van der Waals surface area contributed by atoms with Crippen LogP contribution in [0.1, 0.15) is 20.3 Å². The monoisotopic (exact) mass is 232 g/mol. The molecule has 0 aliphatic carbocycles. The lowest BCUT2D eigenvalue weighted by molar-refractivity contribution is -0.141. The molecule has 0 aromatic heterocycles. The first-order valence-corrected chi connectivity index (χ1v) is 5.45. The largest absolute Gasteiger partial charge is 0.465 e. The summed E-state index contributed by atoms with van der Waals surface area (Å²) in [5.41, 5.74) is 0. The molecule has 0 radical (unpaired) electrons. The van der Waals surface area contributed by atoms with Crippen LogP contribution in [0.15, 0.2) is 0 Å². The van der Waals surface area contributed by atoms with Gasteiger partial charge in [0, 0.05) is 19.8 Å². The first kappa shape index (κ1) is 14.7. The highest BCUT2D eigenvalue weighted by Crippen LogP contribution is 1.80. The molecule has 0 heterocycles. The number of nitrogens with one attached hydrogen (secondary N) is 2. The summed E-state index contributed by atoms with van der Waals surface area (Å²) in [6.07, 6.45) is 0.751. The van der Waals surface area contributed by atoms with Gasteiger partial charge in [0.05, 0.1) is 6.61 Å². The van der Waals surface area contributed by atoms with Gasteiger partial charge in [-0.05, 0) is 20.3 Å². The van der Waals surface area contributed by atoms with Gasteiger partial charge < -0.3 is 20.1 Å². The first-order chi connectivity index (χ1) is 7.70. The van der Waals surface area contributed by atoms with Gasteiger partial charge in [0.1, 0.15) is 6.54 Å². The van der Waals surface area contributed by atoms with E-state index < -0.39 is 5.97 Å². The number of hydrogen-bond donors (Lipinski definition) is 2. The lowest BCUT2D eigenvalue weighted by atomic mass is 10.4. The average Bonchev–Trinajstić information content (AvgIpc) is 2.26. The second-order valence-electron chi connectivity index (χ2n) is 2.96. The number of carbonyl (C=O) groups excluding carboxylic acids is 2. The van der Waals surface area contributed by atoms with Crippen molar-refractivity contribution >= 4 is 12.0 Å². The van der Waals surface area contributed by atoms with Crippen molar-refractivity contribution < 1.29 is 19.1 Å². The lowest BCUT2D eigenvalue weighted by Gasteiger charge is -2.07. The van der Waals surface area contributed by atoms with Crippen molar-refractivity contribution in [3.05, 3.63) is 0 Å². The molecule has 0 aromatic carbocycles. The van der Waals surface area contributed by atoms with E-state index in [0.29, 0.717) is 26.4 Å². The lowest BCUT2D eigenvalue weighted by Crippen LogP contribution is -2.39. The maximum absolute atomic E-state index is 11.1. The molecule has 0 saturated carbocycles. The Morgan fingerprint density at radius 1 is 1.12 bits per heavy atom. The second-order valence-corrected chi connectivity index (χ2v) is 2.96. The third-order valence-electron chi connectivity index (χ3n) is 1.65. The van der Waals surface area contributed by atoms with Crippen LogP contribution in [0, 0.1) is 0 Å². The summed E-state index contributed by atoms with van der Waals surface area (Å²) >= 11 is 0. The predicted octanol–water partition coefficient (Wildman–Crippen LogP) is 0.275. The van der Waals surface area contributed by atoms with E-state index in [-0.39, 0.29) is 12.6 Å². The van der Waals surface area contributed by atoms with E-state index in [0.717, 1.165) is 6.42 Å². The van der Waals surface area contributed by atoms with E-state index in [1.54, 1.807) is 6.92 Å². The number of esters is 1. The molecule has 0 aliphatic rings. The van der Waals surface area contributed by atoms with Crippen LogP contribution in [-0.4, -0.2) is 44.9 Å². The molecule has 0 bridgehead atoms. The van der Waals surface area contributed by atoms with E-state index >= 15 is 0 Å². The number of amides is 2. The van der Waals surface area contributed by atoms with E-state index in [4.69, 9.17) is 4.74 Å². The number of carbonyl (C=O) groups is 2. The minimum Gasteiger partial charge on any atom is -0.465 e. The maximum Gasteiger partial charge on any atom is 0.325 e. The van der Waals surface area contributed by atoms with Gasteiger partial charge in [0.25, 0.3) is 0 Å². The van der Waals surface area contributed by atoms with Crippen molar-refractivity contribution in [3.8, 4) is 0 Å². The van der Waals surface area contributed by atoms with Gasteiger partial charge in [-0.2, -0.15) is 0 Å². The first-order valence-electron chi connectivity index (χ1n) is 5.45. The standard InChI is InChI=1S/C10H20N2O4/c1-3-15-7-5-6-11-10(14)12-8-9(13)16-4-2/h3-8H2,1-2H3,(H2,11,12,14). The van der Waals surface area contributed by atoms with Crippen molar-refractivity contribution in [3.63, 3.8) is 0 Å². The number of hydrogen-bond acceptors (Lipinski definition) is 4. The fourth-order valence-electron chi connectivity index (χ4n) is 0.947. The van der Waals surface area contributed by atoms with Gasteiger partial charge in [-0.25, -0.2) is 4.79 Å². The molecule has 94 valence electrons. The molecular weight excluding hydrogens is 212 g/mol. The third-order valence-corrected chi connectivity index (χ3v) is 1.65. The van der Waals surface area contributed by atoms with Crippen LogP contribution in [0.2, 0.25) is 0 Å². The highest BCUT2D eigenvalue weighted by molar-refractivity contribution is 5.80. The average molecular weight is 232 g/mol. The number of ether oxygens (including phenoxy) is 2. The molecule has 16 heavy (non-hydrogen) atoms. The molecule has 0 aliphatic heterocycles. The summed E-state index contributed by atoms with van der Waals surface area (Å²) in [4.78, 5) is 22.0. The molecule has 6 nitrogen and oxygen atoms in total. The molecular formula is C10H20N2O4. The fourth-order valence-corrected chi connectivity index (χ4v) is 0.947. The summed E-state index contributed by atoms with van der Waals surface area (Å²) in [7, 11) is 0. The molecule has 0 fully saturated rings. The third kappa shape index (κ3) is 9.26. The molecule has 0 atom stereocenters. The summed E-state index contributed by atoms with van der Waals surface area (Å²) < 4.78 is 9.75. The molecule has 0 saturated heterocycles. The van der Waals surface area contributed by atoms with Crippen LogP contribution in [0.25, 0.3) is 0 Å². The normalized spacial score (nSPS) is 9.62. The van der Waals surface area contributed by atoms with Crippen molar-refractivity contribution in [2.24, 2.45) is 0 Å². The summed E-state index contributed by atoms with van der Waals surface area (Å²) in [6.45, 7) is 5.66.